The highest BCUT2D eigenvalue weighted by Crippen LogP contribution is 2.24. The second kappa shape index (κ2) is 6.96. The summed E-state index contributed by atoms with van der Waals surface area (Å²) in [6.07, 6.45) is -5.08. The van der Waals surface area contributed by atoms with Crippen LogP contribution in [0.1, 0.15) is 5.56 Å². The van der Waals surface area contributed by atoms with Crippen molar-refractivity contribution in [3.05, 3.63) is 35.9 Å². The second-order valence-electron chi connectivity index (χ2n) is 4.47. The molecule has 3 N–H and O–H groups in total. The van der Waals surface area contributed by atoms with E-state index >= 15 is 0 Å². The Labute approximate surface area is 125 Å². The minimum atomic E-state index is -1.26. The Morgan fingerprint density at radius 1 is 1.05 bits per heavy atom. The molecule has 0 radical (unpaired) electrons. The van der Waals surface area contributed by atoms with Crippen LogP contribution in [-0.4, -0.2) is 50.5 Å². The number of halogens is 1. The molecule has 1 aromatic rings. The van der Waals surface area contributed by atoms with E-state index in [0.717, 1.165) is 5.56 Å². The maximum Gasteiger partial charge on any atom is 0.186 e. The first-order valence-electron chi connectivity index (χ1n) is 6.04. The fraction of sp³-hybridized carbons (Fsp3) is 0.538. The van der Waals surface area contributed by atoms with Crippen LogP contribution in [0.25, 0.3) is 0 Å². The van der Waals surface area contributed by atoms with Gasteiger partial charge in [-0.1, -0.05) is 52.9 Å². The summed E-state index contributed by atoms with van der Waals surface area (Å²) < 4.78 is 11.5. The lowest BCUT2D eigenvalue weighted by Gasteiger charge is -2.39. The van der Waals surface area contributed by atoms with Crippen molar-refractivity contribution >= 4 is 22.6 Å². The Morgan fingerprint density at radius 2 is 1.74 bits per heavy atom. The molecule has 1 aromatic carbocycles. The number of ether oxygens (including phenoxy) is 2. The Bertz CT molecular complexity index is 386. The lowest BCUT2D eigenvalue weighted by atomic mass is 10.00. The van der Waals surface area contributed by atoms with E-state index in [9.17, 15) is 15.3 Å². The topological polar surface area (TPSA) is 79.2 Å². The standard InChI is InChI=1S/C13H17IO5/c14-6-9-10(15)11(16)12(17)13(19-9)18-7-8-4-2-1-3-5-8/h1-5,9-13,15-17H,6-7H2/t9-,10-,11+,12-,13-/m1/s1. The quantitative estimate of drug-likeness (QED) is 0.522. The zero-order valence-corrected chi connectivity index (χ0v) is 12.4. The van der Waals surface area contributed by atoms with Gasteiger partial charge in [-0.2, -0.15) is 0 Å². The van der Waals surface area contributed by atoms with Crippen molar-refractivity contribution in [2.24, 2.45) is 0 Å². The van der Waals surface area contributed by atoms with Crippen LogP contribution in [-0.2, 0) is 16.1 Å². The van der Waals surface area contributed by atoms with E-state index in [1.807, 2.05) is 30.3 Å². The first kappa shape index (κ1) is 15.1. The van der Waals surface area contributed by atoms with Crippen molar-refractivity contribution in [3.8, 4) is 0 Å². The average Bonchev–Trinajstić information content (AvgIpc) is 2.45. The van der Waals surface area contributed by atoms with E-state index in [2.05, 4.69) is 22.6 Å². The van der Waals surface area contributed by atoms with Crippen molar-refractivity contribution in [2.75, 3.05) is 4.43 Å². The number of aliphatic hydroxyl groups excluding tert-OH is 3. The highest BCUT2D eigenvalue weighted by molar-refractivity contribution is 14.1. The van der Waals surface area contributed by atoms with Crippen LogP contribution in [0.4, 0.5) is 0 Å². The normalized spacial score (nSPS) is 35.3. The van der Waals surface area contributed by atoms with E-state index in [-0.39, 0.29) is 6.61 Å². The van der Waals surface area contributed by atoms with Crippen molar-refractivity contribution in [1.29, 1.82) is 0 Å². The first-order valence-corrected chi connectivity index (χ1v) is 7.57. The molecule has 106 valence electrons. The molecule has 0 spiro atoms. The summed E-state index contributed by atoms with van der Waals surface area (Å²) in [5.74, 6) is 0. The molecule has 2 rings (SSSR count). The number of aliphatic hydroxyl groups is 3. The molecule has 1 aliphatic heterocycles. The van der Waals surface area contributed by atoms with Crippen LogP contribution < -0.4 is 0 Å². The molecule has 1 fully saturated rings. The Hall–Kier alpha value is -0.250. The minimum Gasteiger partial charge on any atom is -0.388 e. The third-order valence-electron chi connectivity index (χ3n) is 3.08. The largest absolute Gasteiger partial charge is 0.388 e. The molecular formula is C13H17IO5. The highest BCUT2D eigenvalue weighted by atomic mass is 127. The lowest BCUT2D eigenvalue weighted by Crippen LogP contribution is -2.58. The van der Waals surface area contributed by atoms with Gasteiger partial charge < -0.3 is 24.8 Å². The SMILES string of the molecule is O[C@@H]1[C@@H](O)[C@H](OCc2ccccc2)O[C@H](CI)[C@H]1O. The van der Waals surface area contributed by atoms with E-state index < -0.39 is 30.7 Å². The van der Waals surface area contributed by atoms with Crippen LogP contribution in [0, 0.1) is 0 Å². The molecule has 0 aromatic heterocycles. The molecule has 0 saturated carbocycles. The maximum atomic E-state index is 9.84. The molecule has 1 aliphatic rings. The van der Waals surface area contributed by atoms with Crippen molar-refractivity contribution in [3.63, 3.8) is 0 Å². The van der Waals surface area contributed by atoms with Gasteiger partial charge in [-0.3, -0.25) is 0 Å². The third-order valence-corrected chi connectivity index (χ3v) is 3.95. The number of hydrogen-bond acceptors (Lipinski definition) is 5. The van der Waals surface area contributed by atoms with Crippen LogP contribution in [0.15, 0.2) is 30.3 Å². The molecule has 0 bridgehead atoms. The molecule has 0 aliphatic carbocycles. The van der Waals surface area contributed by atoms with E-state index in [4.69, 9.17) is 9.47 Å². The summed E-state index contributed by atoms with van der Waals surface area (Å²) in [7, 11) is 0. The molecular weight excluding hydrogens is 363 g/mol. The maximum absolute atomic E-state index is 9.84. The fourth-order valence-corrected chi connectivity index (χ4v) is 2.66. The molecule has 5 nitrogen and oxygen atoms in total. The van der Waals surface area contributed by atoms with Crippen LogP contribution >= 0.6 is 22.6 Å². The zero-order chi connectivity index (χ0) is 13.8. The number of benzene rings is 1. The first-order chi connectivity index (χ1) is 9.13. The summed E-state index contributed by atoms with van der Waals surface area (Å²) in [6, 6.07) is 9.49. The van der Waals surface area contributed by atoms with Gasteiger partial charge in [-0.05, 0) is 5.56 Å². The molecule has 1 saturated heterocycles. The van der Waals surface area contributed by atoms with Crippen molar-refractivity contribution < 1.29 is 24.8 Å². The van der Waals surface area contributed by atoms with Gasteiger partial charge in [0, 0.05) is 4.43 Å². The third kappa shape index (κ3) is 3.65. The monoisotopic (exact) mass is 380 g/mol. The van der Waals surface area contributed by atoms with Crippen LogP contribution in [0.2, 0.25) is 0 Å². The van der Waals surface area contributed by atoms with Gasteiger partial charge in [0.1, 0.15) is 18.3 Å². The molecule has 1 heterocycles. The Balaban J connectivity index is 1.95. The summed E-state index contributed by atoms with van der Waals surface area (Å²) in [4.78, 5) is 0. The van der Waals surface area contributed by atoms with Crippen LogP contribution in [0.5, 0.6) is 0 Å². The predicted molar refractivity (Wildman–Crippen MR) is 76.8 cm³/mol. The smallest absolute Gasteiger partial charge is 0.186 e. The summed E-state index contributed by atoms with van der Waals surface area (Å²) >= 11 is 2.06. The minimum absolute atomic E-state index is 0.277. The van der Waals surface area contributed by atoms with Gasteiger partial charge in [0.25, 0.3) is 0 Å². The Kier molecular flexibility index (Phi) is 5.55. The van der Waals surface area contributed by atoms with Gasteiger partial charge in [0.15, 0.2) is 6.29 Å². The molecule has 6 heteroatoms. The summed E-state index contributed by atoms with van der Waals surface area (Å²) in [5, 5.41) is 29.3. The molecule has 0 unspecified atom stereocenters. The summed E-state index contributed by atoms with van der Waals surface area (Å²) in [5.41, 5.74) is 0.949. The average molecular weight is 380 g/mol. The number of alkyl halides is 1. The fourth-order valence-electron chi connectivity index (χ4n) is 1.93. The van der Waals surface area contributed by atoms with Gasteiger partial charge >= 0.3 is 0 Å². The number of hydrogen-bond donors (Lipinski definition) is 3. The zero-order valence-electron chi connectivity index (χ0n) is 10.2. The van der Waals surface area contributed by atoms with Gasteiger partial charge in [-0.15, -0.1) is 0 Å². The number of rotatable bonds is 4. The summed E-state index contributed by atoms with van der Waals surface area (Å²) in [6.45, 7) is 0.277. The van der Waals surface area contributed by atoms with Crippen molar-refractivity contribution in [1.82, 2.24) is 0 Å². The van der Waals surface area contributed by atoms with E-state index in [1.165, 1.54) is 0 Å². The van der Waals surface area contributed by atoms with Gasteiger partial charge in [-0.25, -0.2) is 0 Å². The van der Waals surface area contributed by atoms with E-state index in [0.29, 0.717) is 4.43 Å². The van der Waals surface area contributed by atoms with Crippen LogP contribution in [0.3, 0.4) is 0 Å². The molecule has 19 heavy (non-hydrogen) atoms. The molecule has 0 amide bonds. The van der Waals surface area contributed by atoms with E-state index in [1.54, 1.807) is 0 Å². The predicted octanol–water partition coefficient (Wildman–Crippen LogP) is 0.446. The van der Waals surface area contributed by atoms with Crippen molar-refractivity contribution in [2.45, 2.75) is 37.3 Å². The highest BCUT2D eigenvalue weighted by Gasteiger charge is 2.43. The Morgan fingerprint density at radius 3 is 2.37 bits per heavy atom. The second-order valence-corrected chi connectivity index (χ2v) is 5.35. The lowest BCUT2D eigenvalue weighted by molar-refractivity contribution is -0.294. The molecule has 5 atom stereocenters. The van der Waals surface area contributed by atoms with Gasteiger partial charge in [0.2, 0.25) is 0 Å². The van der Waals surface area contributed by atoms with Gasteiger partial charge in [0.05, 0.1) is 12.7 Å².